The Bertz CT molecular complexity index is 1290. The zero-order chi connectivity index (χ0) is 22.8. The normalized spacial score (nSPS) is 14.5. The number of carbonyl (C=O) groups is 1. The van der Waals surface area contributed by atoms with Crippen molar-refractivity contribution in [1.82, 2.24) is 24.6 Å². The first-order valence-corrected chi connectivity index (χ1v) is 11.1. The second-order valence-corrected chi connectivity index (χ2v) is 8.57. The molecule has 0 bridgehead atoms. The molecule has 3 aromatic heterocycles. The van der Waals surface area contributed by atoms with Crippen LogP contribution in [0.1, 0.15) is 5.56 Å². The van der Waals surface area contributed by atoms with E-state index in [4.69, 9.17) is 0 Å². The van der Waals surface area contributed by atoms with Crippen LogP contribution in [0, 0.1) is 0 Å². The lowest BCUT2D eigenvalue weighted by Gasteiger charge is -2.33. The van der Waals surface area contributed by atoms with Gasteiger partial charge in [-0.3, -0.25) is 9.48 Å². The molecule has 8 nitrogen and oxygen atoms in total. The molecule has 5 rings (SSSR count). The van der Waals surface area contributed by atoms with E-state index in [9.17, 15) is 4.79 Å². The van der Waals surface area contributed by atoms with Gasteiger partial charge in [0.2, 0.25) is 5.91 Å². The van der Waals surface area contributed by atoms with E-state index in [0.717, 1.165) is 59.5 Å². The highest BCUT2D eigenvalue weighted by atomic mass is 16.1. The molecule has 33 heavy (non-hydrogen) atoms. The Labute approximate surface area is 192 Å². The molecule has 1 N–H and O–H groups in total. The molecule has 0 spiro atoms. The summed E-state index contributed by atoms with van der Waals surface area (Å²) in [6.45, 7) is 3.92. The van der Waals surface area contributed by atoms with Crippen molar-refractivity contribution in [2.24, 2.45) is 7.05 Å². The number of amides is 1. The van der Waals surface area contributed by atoms with Crippen molar-refractivity contribution >= 4 is 28.3 Å². The van der Waals surface area contributed by atoms with Gasteiger partial charge >= 0.3 is 0 Å². The molecular formula is C25H27N7O. The van der Waals surface area contributed by atoms with E-state index in [1.807, 2.05) is 43.7 Å². The molecule has 0 atom stereocenters. The van der Waals surface area contributed by atoms with Crippen molar-refractivity contribution in [3.8, 4) is 11.1 Å². The van der Waals surface area contributed by atoms with Gasteiger partial charge in [0.25, 0.3) is 0 Å². The Morgan fingerprint density at radius 2 is 1.79 bits per heavy atom. The first-order valence-electron chi connectivity index (χ1n) is 11.1. The summed E-state index contributed by atoms with van der Waals surface area (Å²) in [6, 6.07) is 12.0. The number of benzene rings is 1. The fraction of sp³-hybridized carbons (Fsp3) is 0.280. The van der Waals surface area contributed by atoms with E-state index in [2.05, 4.69) is 49.4 Å². The minimum atomic E-state index is -0.0965. The highest BCUT2D eigenvalue weighted by Gasteiger charge is 2.16. The Kier molecular flexibility index (Phi) is 5.75. The zero-order valence-electron chi connectivity index (χ0n) is 18.9. The van der Waals surface area contributed by atoms with Crippen LogP contribution in [-0.2, 0) is 18.3 Å². The largest absolute Gasteiger partial charge is 0.354 e. The van der Waals surface area contributed by atoms with Gasteiger partial charge in [-0.25, -0.2) is 9.97 Å². The smallest absolute Gasteiger partial charge is 0.229 e. The van der Waals surface area contributed by atoms with E-state index in [1.54, 1.807) is 17.1 Å². The number of anilines is 2. The van der Waals surface area contributed by atoms with E-state index >= 15 is 0 Å². The standard InChI is InChI=1S/C25H27N7O/c1-30-7-9-32(10-8-30)24-11-18(5-6-26-24)12-25(33)29-23-14-21-13-19(3-4-20(21)15-27-23)22-16-28-31(2)17-22/h3-6,11,13-17H,7-10,12H2,1-2H3,(H,27,29,33). The van der Waals surface area contributed by atoms with E-state index in [0.29, 0.717) is 5.82 Å². The van der Waals surface area contributed by atoms with Crippen LogP contribution < -0.4 is 10.2 Å². The van der Waals surface area contributed by atoms with Crippen LogP contribution in [0.3, 0.4) is 0 Å². The summed E-state index contributed by atoms with van der Waals surface area (Å²) in [4.78, 5) is 26.2. The number of rotatable bonds is 5. The van der Waals surface area contributed by atoms with Gasteiger partial charge in [-0.2, -0.15) is 5.10 Å². The molecule has 1 saturated heterocycles. The van der Waals surface area contributed by atoms with Crippen molar-refractivity contribution in [2.45, 2.75) is 6.42 Å². The lowest BCUT2D eigenvalue weighted by Crippen LogP contribution is -2.44. The molecule has 1 aliphatic heterocycles. The van der Waals surface area contributed by atoms with Crippen molar-refractivity contribution in [3.05, 3.63) is 66.7 Å². The second kappa shape index (κ2) is 8.99. The number of nitrogens with one attached hydrogen (secondary N) is 1. The molecule has 1 fully saturated rings. The molecule has 1 aliphatic rings. The van der Waals surface area contributed by atoms with Crippen LogP contribution in [0.15, 0.2) is 61.2 Å². The lowest BCUT2D eigenvalue weighted by molar-refractivity contribution is -0.115. The lowest BCUT2D eigenvalue weighted by atomic mass is 10.1. The van der Waals surface area contributed by atoms with Crippen LogP contribution in [0.4, 0.5) is 11.6 Å². The van der Waals surface area contributed by atoms with Gasteiger partial charge < -0.3 is 15.1 Å². The van der Waals surface area contributed by atoms with E-state index in [1.165, 1.54) is 0 Å². The zero-order valence-corrected chi connectivity index (χ0v) is 18.9. The predicted octanol–water partition coefficient (Wildman–Crippen LogP) is 2.96. The monoisotopic (exact) mass is 441 g/mol. The molecule has 0 aliphatic carbocycles. The molecule has 168 valence electrons. The Balaban J connectivity index is 1.28. The van der Waals surface area contributed by atoms with Crippen LogP contribution in [-0.4, -0.2) is 63.8 Å². The molecular weight excluding hydrogens is 414 g/mol. The number of aryl methyl sites for hydroxylation is 1. The second-order valence-electron chi connectivity index (χ2n) is 8.57. The first kappa shape index (κ1) is 21.1. The SMILES string of the molecule is CN1CCN(c2cc(CC(=O)Nc3cc4cc(-c5cnn(C)c5)ccc4cn3)ccn2)CC1. The quantitative estimate of drug-likeness (QED) is 0.513. The third-order valence-corrected chi connectivity index (χ3v) is 6.03. The first-order chi connectivity index (χ1) is 16.0. The number of fused-ring (bicyclic) bond motifs is 1. The van der Waals surface area contributed by atoms with E-state index < -0.39 is 0 Å². The number of pyridine rings is 2. The maximum Gasteiger partial charge on any atom is 0.229 e. The van der Waals surface area contributed by atoms with E-state index in [-0.39, 0.29) is 12.3 Å². The number of likely N-dealkylation sites (N-methyl/N-ethyl adjacent to an activating group) is 1. The summed E-state index contributed by atoms with van der Waals surface area (Å²) in [5, 5.41) is 9.23. The highest BCUT2D eigenvalue weighted by Crippen LogP contribution is 2.25. The van der Waals surface area contributed by atoms with Gasteiger partial charge in [0.15, 0.2) is 0 Å². The fourth-order valence-corrected chi connectivity index (χ4v) is 4.11. The molecule has 4 heterocycles. The van der Waals surface area contributed by atoms with Gasteiger partial charge in [-0.15, -0.1) is 0 Å². The Hall–Kier alpha value is -3.78. The summed E-state index contributed by atoms with van der Waals surface area (Å²) < 4.78 is 1.78. The van der Waals surface area contributed by atoms with Crippen LogP contribution in [0.2, 0.25) is 0 Å². The number of carbonyl (C=O) groups excluding carboxylic acids is 1. The maximum atomic E-state index is 12.7. The molecule has 8 heteroatoms. The number of hydrogen-bond donors (Lipinski definition) is 1. The van der Waals surface area contributed by atoms with Crippen molar-refractivity contribution in [3.63, 3.8) is 0 Å². The average Bonchev–Trinajstić information content (AvgIpc) is 3.25. The minimum Gasteiger partial charge on any atom is -0.354 e. The summed E-state index contributed by atoms with van der Waals surface area (Å²) in [5.74, 6) is 1.38. The molecule has 4 aromatic rings. The Morgan fingerprint density at radius 3 is 2.58 bits per heavy atom. The third kappa shape index (κ3) is 4.85. The van der Waals surface area contributed by atoms with Crippen molar-refractivity contribution in [1.29, 1.82) is 0 Å². The van der Waals surface area contributed by atoms with Crippen LogP contribution in [0.25, 0.3) is 21.9 Å². The highest BCUT2D eigenvalue weighted by molar-refractivity contribution is 5.94. The van der Waals surface area contributed by atoms with Gasteiger partial charge in [0.05, 0.1) is 12.6 Å². The number of aromatic nitrogens is 4. The molecule has 0 radical (unpaired) electrons. The predicted molar refractivity (Wildman–Crippen MR) is 130 cm³/mol. The molecule has 0 saturated carbocycles. The number of hydrogen-bond acceptors (Lipinski definition) is 6. The summed E-state index contributed by atoms with van der Waals surface area (Å²) in [5.41, 5.74) is 3.07. The van der Waals surface area contributed by atoms with Crippen LogP contribution in [0.5, 0.6) is 0 Å². The minimum absolute atomic E-state index is 0.0965. The van der Waals surface area contributed by atoms with Gasteiger partial charge in [-0.1, -0.05) is 12.1 Å². The maximum absolute atomic E-state index is 12.7. The number of nitrogens with zero attached hydrogens (tertiary/aromatic N) is 6. The third-order valence-electron chi connectivity index (χ3n) is 6.03. The molecule has 1 aromatic carbocycles. The van der Waals surface area contributed by atoms with Gasteiger partial charge in [0.1, 0.15) is 11.6 Å². The number of piperazine rings is 1. The summed E-state index contributed by atoms with van der Waals surface area (Å²) in [6.07, 6.45) is 7.67. The average molecular weight is 442 g/mol. The molecule has 1 amide bonds. The van der Waals surface area contributed by atoms with Crippen molar-refractivity contribution < 1.29 is 4.79 Å². The topological polar surface area (TPSA) is 79.2 Å². The molecule has 0 unspecified atom stereocenters. The van der Waals surface area contributed by atoms with Crippen LogP contribution >= 0.6 is 0 Å². The fourth-order valence-electron chi connectivity index (χ4n) is 4.11. The summed E-state index contributed by atoms with van der Waals surface area (Å²) in [7, 11) is 4.03. The Morgan fingerprint density at radius 1 is 0.939 bits per heavy atom. The van der Waals surface area contributed by atoms with Crippen molar-refractivity contribution in [2.75, 3.05) is 43.4 Å². The van der Waals surface area contributed by atoms with Gasteiger partial charge in [-0.05, 0) is 47.8 Å². The summed E-state index contributed by atoms with van der Waals surface area (Å²) >= 11 is 0. The van der Waals surface area contributed by atoms with Gasteiger partial charge in [0, 0.05) is 62.8 Å².